The van der Waals surface area contributed by atoms with Gasteiger partial charge < -0.3 is 29.9 Å². The van der Waals surface area contributed by atoms with E-state index in [9.17, 15) is 34.0 Å². The van der Waals surface area contributed by atoms with Crippen LogP contribution in [0.4, 0.5) is 0 Å². The Morgan fingerprint density at radius 3 is 1.55 bits per heavy atom. The first-order chi connectivity index (χ1) is 30.9. The summed E-state index contributed by atoms with van der Waals surface area (Å²) in [6, 6.07) is 29.9. The van der Waals surface area contributed by atoms with E-state index in [1.165, 1.54) is 56.8 Å². The molecule has 17 nitrogen and oxygen atoms in total. The second-order valence-corrected chi connectivity index (χ2v) is 17.1. The third-order valence-corrected chi connectivity index (χ3v) is 11.6. The van der Waals surface area contributed by atoms with Gasteiger partial charge in [0.15, 0.2) is 11.1 Å². The summed E-state index contributed by atoms with van der Waals surface area (Å²) < 4.78 is 11.0. The molecule has 66 heavy (non-hydrogen) atoms. The molecule has 3 aromatic carbocycles. The Morgan fingerprint density at radius 2 is 1.14 bits per heavy atom. The number of carboxylic acids is 4. The summed E-state index contributed by atoms with van der Waals surface area (Å²) in [6.45, 7) is 11.4. The van der Waals surface area contributed by atoms with E-state index in [0.29, 0.717) is 16.4 Å². The molecule has 0 aliphatic heterocycles. The maximum Gasteiger partial charge on any atom is 0.335 e. The predicted molar refractivity (Wildman–Crippen MR) is 246 cm³/mol. The van der Waals surface area contributed by atoms with Crippen molar-refractivity contribution in [3.8, 4) is 24.0 Å². The van der Waals surface area contributed by atoms with Crippen molar-refractivity contribution >= 4 is 64.0 Å². The van der Waals surface area contributed by atoms with Crippen molar-refractivity contribution in [2.24, 2.45) is 21.1 Å². The average molecular weight is 942 g/mol. The Morgan fingerprint density at radius 1 is 0.682 bits per heavy atom. The van der Waals surface area contributed by atoms with E-state index in [1.54, 1.807) is 13.8 Å². The van der Waals surface area contributed by atoms with Gasteiger partial charge >= 0.3 is 35.8 Å². The van der Waals surface area contributed by atoms with Crippen molar-refractivity contribution in [3.05, 3.63) is 114 Å². The van der Waals surface area contributed by atoms with Crippen LogP contribution in [0.5, 0.6) is 5.75 Å². The fourth-order valence-electron chi connectivity index (χ4n) is 5.03. The maximum atomic E-state index is 13.4. The highest BCUT2D eigenvalue weighted by Crippen LogP contribution is 2.46. The van der Waals surface area contributed by atoms with Crippen LogP contribution in [0.3, 0.4) is 0 Å². The first kappa shape index (κ1) is 56.7. The van der Waals surface area contributed by atoms with E-state index in [2.05, 4.69) is 22.9 Å². The normalized spacial score (nSPS) is 14.0. The Bertz CT molecular complexity index is 2320. The lowest BCUT2D eigenvalue weighted by molar-refractivity contribution is -0.150. The van der Waals surface area contributed by atoms with Gasteiger partial charge in [-0.3, -0.25) is 19.2 Å². The van der Waals surface area contributed by atoms with Crippen LogP contribution < -0.4 is 4.74 Å². The van der Waals surface area contributed by atoms with Crippen LogP contribution in [-0.2, 0) is 35.3 Å². The number of carbonyl (C=O) groups excluding carboxylic acids is 2. The molecule has 4 N–H and O–H groups in total. The molecule has 19 heteroatoms. The number of carbonyl (C=O) groups is 6. The van der Waals surface area contributed by atoms with Crippen molar-refractivity contribution in [2.75, 3.05) is 5.75 Å². The summed E-state index contributed by atoms with van der Waals surface area (Å²) in [5.74, 6) is -5.20. The maximum absolute atomic E-state index is 13.4. The first-order valence-corrected chi connectivity index (χ1v) is 21.3. The number of carboxylic acid groups (broad SMARTS) is 4. The lowest BCUT2D eigenvalue weighted by Crippen LogP contribution is -2.48. The van der Waals surface area contributed by atoms with Gasteiger partial charge in [-0.2, -0.15) is 26.0 Å². The number of aromatic carboxylic acids is 1. The van der Waals surface area contributed by atoms with E-state index in [1.807, 2.05) is 72.8 Å². The third-order valence-electron chi connectivity index (χ3n) is 9.75. The number of hydrogen-bond acceptors (Lipinski definition) is 15. The topological polar surface area (TPSA) is 298 Å². The summed E-state index contributed by atoms with van der Waals surface area (Å²) in [4.78, 5) is 67.6. The molecule has 4 unspecified atom stereocenters. The fourth-order valence-corrected chi connectivity index (χ4v) is 6.50. The smallest absolute Gasteiger partial charge is 0.335 e. The Kier molecular flexibility index (Phi) is 23.3. The number of hydrogen-bond donors (Lipinski definition) is 4. The standard InChI is InChI=1S/C24H23NO6S2.C12H16N4O4.C11H12O2/c1-23(14-25,13-12-19(26)27)24(2,15-33-21(32)17-6-4-3-5-7-17)22(30)31-18-10-8-16(9-11-18)20(28)29;1-11(7-13,5-3-9(17)18)15-16-12(2,8-14)6-4-10(19)20;1-9(2)11(12)13-8-10-6-4-3-5-7-10/h3-11H,12-13,15H2,1-2H3,(H,26,27)(H,28,29);3-6H2,1-2H3,(H,17,18)(H,19,20);3-7H,1,8H2,2H3. The van der Waals surface area contributed by atoms with E-state index in [4.69, 9.17) is 52.6 Å². The number of ether oxygens (including phenoxy) is 2. The second kappa shape index (κ2) is 27.1. The highest BCUT2D eigenvalue weighted by atomic mass is 32.2. The van der Waals surface area contributed by atoms with Gasteiger partial charge in [-0.25, -0.2) is 9.59 Å². The van der Waals surface area contributed by atoms with Crippen molar-refractivity contribution in [1.82, 2.24) is 0 Å². The summed E-state index contributed by atoms with van der Waals surface area (Å²) in [6.07, 6.45) is -0.941. The van der Waals surface area contributed by atoms with Gasteiger partial charge in [-0.05, 0) is 89.3 Å². The molecular formula is C47H51N5O12S2. The number of benzene rings is 3. The minimum atomic E-state index is -1.42. The van der Waals surface area contributed by atoms with Crippen LogP contribution in [0.1, 0.15) is 94.6 Å². The van der Waals surface area contributed by atoms with Crippen LogP contribution in [0.2, 0.25) is 0 Å². The van der Waals surface area contributed by atoms with Crippen LogP contribution in [-0.4, -0.2) is 77.3 Å². The predicted octanol–water partition coefficient (Wildman–Crippen LogP) is 8.84. The molecule has 0 bridgehead atoms. The van der Waals surface area contributed by atoms with E-state index < -0.39 is 51.8 Å². The van der Waals surface area contributed by atoms with Gasteiger partial charge in [0.2, 0.25) is 0 Å². The minimum absolute atomic E-state index is 0.0321. The monoisotopic (exact) mass is 941 g/mol. The average Bonchev–Trinajstić information content (AvgIpc) is 3.30. The molecule has 3 aromatic rings. The van der Waals surface area contributed by atoms with Gasteiger partial charge in [0.1, 0.15) is 12.4 Å². The van der Waals surface area contributed by atoms with Crippen LogP contribution in [0.25, 0.3) is 0 Å². The number of rotatable bonds is 21. The van der Waals surface area contributed by atoms with E-state index >= 15 is 0 Å². The highest BCUT2D eigenvalue weighted by molar-refractivity contribution is 8.23. The Balaban J connectivity index is 0.000000557. The molecule has 0 aliphatic rings. The molecule has 0 radical (unpaired) electrons. The molecular weight excluding hydrogens is 891 g/mol. The number of nitrogens with zero attached hydrogens (tertiary/aromatic N) is 5. The zero-order valence-corrected chi connectivity index (χ0v) is 38.7. The van der Waals surface area contributed by atoms with Crippen LogP contribution in [0, 0.1) is 44.8 Å². The quantitative estimate of drug-likeness (QED) is 0.0255. The molecule has 0 heterocycles. The number of thioether (sulfide) groups is 1. The highest BCUT2D eigenvalue weighted by Gasteiger charge is 2.52. The lowest BCUT2D eigenvalue weighted by Gasteiger charge is -2.39. The summed E-state index contributed by atoms with van der Waals surface area (Å²) in [7, 11) is 0. The third kappa shape index (κ3) is 19.6. The minimum Gasteiger partial charge on any atom is -0.481 e. The SMILES string of the molecule is C=C(C)C(=O)OCc1ccccc1.CC(C#N)(CCC(=O)O)C(C)(CSC(=S)c1ccccc1)C(=O)Oc1ccc(C(=O)O)cc1.CC(C#N)(CCC(=O)O)N=NC(C)(C#N)CCC(=O)O. The number of azo groups is 1. The zero-order valence-electron chi connectivity index (χ0n) is 37.1. The molecule has 4 atom stereocenters. The number of nitriles is 3. The molecule has 0 amide bonds. The molecule has 3 rings (SSSR count). The molecule has 348 valence electrons. The van der Waals surface area contributed by atoms with E-state index in [0.717, 1.165) is 11.1 Å². The lowest BCUT2D eigenvalue weighted by atomic mass is 9.65. The van der Waals surface area contributed by atoms with Crippen molar-refractivity contribution in [3.63, 3.8) is 0 Å². The number of thiocarbonyl (C=S) groups is 1. The van der Waals surface area contributed by atoms with Crippen molar-refractivity contribution < 1.29 is 58.7 Å². The Labute approximate surface area is 392 Å². The summed E-state index contributed by atoms with van der Waals surface area (Å²) >= 11 is 6.70. The molecule has 0 saturated heterocycles. The van der Waals surface area contributed by atoms with E-state index in [-0.39, 0.29) is 61.6 Å². The summed E-state index contributed by atoms with van der Waals surface area (Å²) in [5.41, 5.74) is -3.26. The number of esters is 2. The van der Waals surface area contributed by atoms with Gasteiger partial charge in [-0.1, -0.05) is 79.5 Å². The van der Waals surface area contributed by atoms with Gasteiger partial charge in [0.25, 0.3) is 0 Å². The van der Waals surface area contributed by atoms with Gasteiger partial charge in [-0.15, -0.1) is 11.8 Å². The first-order valence-electron chi connectivity index (χ1n) is 19.9. The molecule has 0 saturated carbocycles. The molecule has 0 aliphatic carbocycles. The van der Waals surface area contributed by atoms with Crippen molar-refractivity contribution in [2.45, 2.75) is 90.8 Å². The Hall–Kier alpha value is -7.27. The zero-order chi connectivity index (χ0) is 50.1. The van der Waals surface area contributed by atoms with Crippen LogP contribution >= 0.6 is 24.0 Å². The van der Waals surface area contributed by atoms with Gasteiger partial charge in [0.05, 0.1) is 38.8 Å². The largest absolute Gasteiger partial charge is 0.481 e. The molecule has 0 fully saturated rings. The molecule has 0 spiro atoms. The second-order valence-electron chi connectivity index (χ2n) is 15.4. The molecule has 0 aromatic heterocycles. The van der Waals surface area contributed by atoms with Gasteiger partial charge in [0, 0.05) is 30.6 Å². The number of aliphatic carboxylic acids is 3. The summed E-state index contributed by atoms with van der Waals surface area (Å²) in [5, 5.41) is 70.9. The van der Waals surface area contributed by atoms with Crippen LogP contribution in [0.15, 0.2) is 107 Å². The fraction of sp³-hybridized carbons (Fsp3) is 0.362. The van der Waals surface area contributed by atoms with Crippen molar-refractivity contribution in [1.29, 1.82) is 15.8 Å².